The highest BCUT2D eigenvalue weighted by Gasteiger charge is 2.24. The molecule has 0 fully saturated rings. The van der Waals surface area contributed by atoms with Crippen LogP contribution in [-0.4, -0.2) is 34.7 Å². The molecule has 0 aliphatic heterocycles. The maximum atomic E-state index is 12.3. The van der Waals surface area contributed by atoms with E-state index in [0.29, 0.717) is 24.7 Å². The van der Waals surface area contributed by atoms with Crippen molar-refractivity contribution in [3.8, 4) is 11.4 Å². The molecule has 0 radical (unpaired) electrons. The van der Waals surface area contributed by atoms with Crippen molar-refractivity contribution in [2.24, 2.45) is 17.0 Å². The van der Waals surface area contributed by atoms with Crippen LogP contribution >= 0.6 is 0 Å². The number of methoxy groups -OCH3 is 1. The number of rotatable bonds is 12. The van der Waals surface area contributed by atoms with Crippen LogP contribution < -0.4 is 4.74 Å². The molecule has 0 saturated heterocycles. The SMILES string of the molecule is COC(=O)C(Cc1ccc(OCc2cnn(-c3ccc(CC(C)C)cc3)c2)cc1)C(C)=NOC(C)C. The fraction of sp³-hybridized carbons (Fsp3) is 0.414. The molecule has 36 heavy (non-hydrogen) atoms. The molecule has 1 heterocycles. The molecule has 1 aromatic heterocycles. The number of carbonyl (C=O) groups is 1. The number of esters is 1. The minimum atomic E-state index is -0.509. The Morgan fingerprint density at radius 3 is 2.19 bits per heavy atom. The van der Waals surface area contributed by atoms with Crippen molar-refractivity contribution in [3.63, 3.8) is 0 Å². The van der Waals surface area contributed by atoms with Gasteiger partial charge in [-0.05, 0) is 74.9 Å². The first kappa shape index (κ1) is 27.0. The molecular weight excluding hydrogens is 454 g/mol. The quantitative estimate of drug-likeness (QED) is 0.182. The second-order valence-corrected chi connectivity index (χ2v) is 9.66. The third-order valence-electron chi connectivity index (χ3n) is 5.65. The van der Waals surface area contributed by atoms with Gasteiger partial charge in [-0.25, -0.2) is 4.68 Å². The van der Waals surface area contributed by atoms with Gasteiger partial charge in [0.1, 0.15) is 24.4 Å². The molecule has 0 amide bonds. The summed E-state index contributed by atoms with van der Waals surface area (Å²) < 4.78 is 12.8. The van der Waals surface area contributed by atoms with Gasteiger partial charge in [0.05, 0.1) is 24.7 Å². The first-order valence-electron chi connectivity index (χ1n) is 12.4. The smallest absolute Gasteiger partial charge is 0.314 e. The minimum absolute atomic E-state index is 0.0583. The predicted molar refractivity (Wildman–Crippen MR) is 141 cm³/mol. The molecule has 2 aromatic carbocycles. The van der Waals surface area contributed by atoms with Crippen molar-refractivity contribution in [3.05, 3.63) is 77.6 Å². The number of oxime groups is 1. The number of carbonyl (C=O) groups excluding carboxylic acids is 1. The lowest BCUT2D eigenvalue weighted by molar-refractivity contribution is -0.143. The molecule has 3 aromatic rings. The summed E-state index contributed by atoms with van der Waals surface area (Å²) in [7, 11) is 1.38. The van der Waals surface area contributed by atoms with Gasteiger partial charge in [-0.15, -0.1) is 0 Å². The fourth-order valence-electron chi connectivity index (χ4n) is 3.75. The van der Waals surface area contributed by atoms with Crippen molar-refractivity contribution < 1.29 is 19.1 Å². The molecule has 1 unspecified atom stereocenters. The van der Waals surface area contributed by atoms with E-state index >= 15 is 0 Å². The maximum Gasteiger partial charge on any atom is 0.314 e. The lowest BCUT2D eigenvalue weighted by Crippen LogP contribution is -2.26. The Kier molecular flexibility index (Phi) is 9.68. The van der Waals surface area contributed by atoms with Crippen LogP contribution in [0.4, 0.5) is 0 Å². The Balaban J connectivity index is 1.58. The summed E-state index contributed by atoms with van der Waals surface area (Å²) in [5, 5.41) is 8.57. The van der Waals surface area contributed by atoms with Gasteiger partial charge in [-0.3, -0.25) is 4.79 Å². The largest absolute Gasteiger partial charge is 0.489 e. The number of aromatic nitrogens is 2. The normalized spacial score (nSPS) is 12.6. The average molecular weight is 492 g/mol. The lowest BCUT2D eigenvalue weighted by Gasteiger charge is -2.15. The Bertz CT molecular complexity index is 1130. The molecule has 0 saturated carbocycles. The number of benzene rings is 2. The molecule has 7 heteroatoms. The van der Waals surface area contributed by atoms with Gasteiger partial charge in [0, 0.05) is 11.8 Å². The van der Waals surface area contributed by atoms with Gasteiger partial charge in [0.2, 0.25) is 0 Å². The molecule has 0 aliphatic carbocycles. The van der Waals surface area contributed by atoms with Crippen LogP contribution in [0.5, 0.6) is 5.75 Å². The third kappa shape index (κ3) is 7.97. The molecular formula is C29H37N3O4. The lowest BCUT2D eigenvalue weighted by atomic mass is 9.95. The van der Waals surface area contributed by atoms with Crippen molar-refractivity contribution in [1.29, 1.82) is 0 Å². The highest BCUT2D eigenvalue weighted by Crippen LogP contribution is 2.19. The summed E-state index contributed by atoms with van der Waals surface area (Å²) in [6.07, 6.45) is 5.27. The number of hydrogen-bond acceptors (Lipinski definition) is 6. The third-order valence-corrected chi connectivity index (χ3v) is 5.65. The number of nitrogens with zero attached hydrogens (tertiary/aromatic N) is 3. The Morgan fingerprint density at radius 2 is 1.58 bits per heavy atom. The van der Waals surface area contributed by atoms with Crippen molar-refractivity contribution in [1.82, 2.24) is 9.78 Å². The van der Waals surface area contributed by atoms with E-state index < -0.39 is 5.92 Å². The number of hydrogen-bond donors (Lipinski definition) is 0. The standard InChI is InChI=1S/C29H37N3O4/c1-20(2)15-23-7-11-26(12-8-23)32-18-25(17-30-32)19-35-27-13-9-24(10-14-27)16-28(29(33)34-6)22(5)31-36-21(3)4/h7-14,17-18,20-21,28H,15-16,19H2,1-6H3. The first-order chi connectivity index (χ1) is 17.2. The van der Waals surface area contributed by atoms with Gasteiger partial charge in [0.15, 0.2) is 0 Å². The van der Waals surface area contributed by atoms with E-state index in [0.717, 1.165) is 29.0 Å². The Morgan fingerprint density at radius 1 is 0.944 bits per heavy atom. The van der Waals surface area contributed by atoms with E-state index in [9.17, 15) is 4.79 Å². The first-order valence-corrected chi connectivity index (χ1v) is 12.4. The molecule has 7 nitrogen and oxygen atoms in total. The predicted octanol–water partition coefficient (Wildman–Crippen LogP) is 5.78. The maximum absolute atomic E-state index is 12.3. The Hall–Kier alpha value is -3.61. The average Bonchev–Trinajstić information content (AvgIpc) is 3.34. The monoisotopic (exact) mass is 491 g/mol. The van der Waals surface area contributed by atoms with E-state index in [1.54, 1.807) is 6.92 Å². The number of ether oxygens (including phenoxy) is 2. The van der Waals surface area contributed by atoms with Crippen molar-refractivity contribution in [2.45, 2.75) is 60.2 Å². The van der Waals surface area contributed by atoms with Gasteiger partial charge >= 0.3 is 5.97 Å². The van der Waals surface area contributed by atoms with E-state index in [1.807, 2.05) is 55.2 Å². The highest BCUT2D eigenvalue weighted by molar-refractivity contribution is 6.00. The molecule has 3 rings (SSSR count). The summed E-state index contributed by atoms with van der Waals surface area (Å²) >= 11 is 0. The van der Waals surface area contributed by atoms with E-state index in [4.69, 9.17) is 14.3 Å². The Labute approximate surface area is 214 Å². The van der Waals surface area contributed by atoms with Crippen LogP contribution in [0.25, 0.3) is 5.69 Å². The van der Waals surface area contributed by atoms with Crippen LogP contribution in [-0.2, 0) is 33.8 Å². The summed E-state index contributed by atoms with van der Waals surface area (Å²) in [4.78, 5) is 17.6. The summed E-state index contributed by atoms with van der Waals surface area (Å²) in [5.74, 6) is 0.531. The summed E-state index contributed by atoms with van der Waals surface area (Å²) in [5.41, 5.74) is 4.90. The van der Waals surface area contributed by atoms with Crippen molar-refractivity contribution >= 4 is 11.7 Å². The second-order valence-electron chi connectivity index (χ2n) is 9.66. The summed E-state index contributed by atoms with van der Waals surface area (Å²) in [6.45, 7) is 10.4. The molecule has 1 atom stereocenters. The van der Waals surface area contributed by atoms with Crippen LogP contribution in [0.3, 0.4) is 0 Å². The van der Waals surface area contributed by atoms with Gasteiger partial charge in [0.25, 0.3) is 0 Å². The molecule has 0 N–H and O–H groups in total. The zero-order valence-corrected chi connectivity index (χ0v) is 22.1. The van der Waals surface area contributed by atoms with Crippen LogP contribution in [0.1, 0.15) is 51.3 Å². The zero-order chi connectivity index (χ0) is 26.1. The topological polar surface area (TPSA) is 74.9 Å². The van der Waals surface area contributed by atoms with Gasteiger partial charge in [-0.2, -0.15) is 5.10 Å². The minimum Gasteiger partial charge on any atom is -0.489 e. The van der Waals surface area contributed by atoms with Gasteiger partial charge in [-0.1, -0.05) is 43.3 Å². The van der Waals surface area contributed by atoms with E-state index in [2.05, 4.69) is 48.4 Å². The second kappa shape index (κ2) is 12.9. The van der Waals surface area contributed by atoms with Gasteiger partial charge < -0.3 is 14.3 Å². The van der Waals surface area contributed by atoms with Crippen LogP contribution in [0.15, 0.2) is 66.1 Å². The van der Waals surface area contributed by atoms with Crippen LogP contribution in [0, 0.1) is 11.8 Å². The van der Waals surface area contributed by atoms with E-state index in [-0.39, 0.29) is 12.1 Å². The molecule has 0 aliphatic rings. The van der Waals surface area contributed by atoms with Crippen molar-refractivity contribution in [2.75, 3.05) is 7.11 Å². The molecule has 0 bridgehead atoms. The fourth-order valence-corrected chi connectivity index (χ4v) is 3.75. The zero-order valence-electron chi connectivity index (χ0n) is 22.1. The molecule has 192 valence electrons. The molecule has 0 spiro atoms. The summed E-state index contributed by atoms with van der Waals surface area (Å²) in [6, 6.07) is 16.2. The van der Waals surface area contributed by atoms with E-state index in [1.165, 1.54) is 12.7 Å². The van der Waals surface area contributed by atoms with Crippen LogP contribution in [0.2, 0.25) is 0 Å². The highest BCUT2D eigenvalue weighted by atomic mass is 16.6.